The van der Waals surface area contributed by atoms with E-state index in [1.807, 2.05) is 0 Å². The molecule has 0 aliphatic rings. The van der Waals surface area contributed by atoms with Crippen LogP contribution in [-0.2, 0) is 20.2 Å². The fourth-order valence-electron chi connectivity index (χ4n) is 2.54. The molecule has 3 N–H and O–H groups in total. The molecule has 0 saturated carbocycles. The Morgan fingerprint density at radius 3 is 2.31 bits per heavy atom. The number of rotatable bonds is 4. The molecule has 0 bridgehead atoms. The molecule has 0 radical (unpaired) electrons. The minimum atomic E-state index is -4.57. The van der Waals surface area contributed by atoms with Crippen LogP contribution in [0.25, 0.3) is 10.8 Å². The lowest BCUT2D eigenvalue weighted by Gasteiger charge is -2.13. The van der Waals surface area contributed by atoms with Gasteiger partial charge in [0.2, 0.25) is 0 Å². The van der Waals surface area contributed by atoms with Crippen LogP contribution in [0.2, 0.25) is 0 Å². The maximum atomic E-state index is 12.6. The minimum Gasteiger partial charge on any atom is -0.399 e. The molecule has 136 valence electrons. The second kappa shape index (κ2) is 6.27. The first-order valence-electron chi connectivity index (χ1n) is 7.39. The highest BCUT2D eigenvalue weighted by Gasteiger charge is 2.22. The summed E-state index contributed by atoms with van der Waals surface area (Å²) in [6, 6.07) is 12.9. The van der Waals surface area contributed by atoms with Gasteiger partial charge in [-0.15, -0.1) is 0 Å². The van der Waals surface area contributed by atoms with Crippen LogP contribution in [0.3, 0.4) is 0 Å². The fourth-order valence-corrected chi connectivity index (χ4v) is 4.25. The van der Waals surface area contributed by atoms with E-state index in [4.69, 9.17) is 9.92 Å². The van der Waals surface area contributed by atoms with Crippen LogP contribution in [0.15, 0.2) is 64.4 Å². The summed E-state index contributed by atoms with van der Waals surface area (Å²) in [6.45, 7) is 1.61. The van der Waals surface area contributed by atoms with Gasteiger partial charge in [0.25, 0.3) is 10.1 Å². The third kappa shape index (κ3) is 3.50. The van der Waals surface area contributed by atoms with Gasteiger partial charge in [0.05, 0.1) is 4.90 Å². The summed E-state index contributed by atoms with van der Waals surface area (Å²) < 4.78 is 62.9. The number of anilines is 1. The predicted octanol–water partition coefficient (Wildman–Crippen LogP) is 2.74. The topological polar surface area (TPSA) is 124 Å². The maximum Gasteiger partial charge on any atom is 0.339 e. The summed E-state index contributed by atoms with van der Waals surface area (Å²) in [5, 5.41) is 0.652. The van der Waals surface area contributed by atoms with Gasteiger partial charge in [-0.3, -0.25) is 4.55 Å². The third-order valence-corrected chi connectivity index (χ3v) is 6.00. The molecule has 0 amide bonds. The van der Waals surface area contributed by atoms with E-state index in [9.17, 15) is 21.4 Å². The van der Waals surface area contributed by atoms with Gasteiger partial charge < -0.3 is 9.92 Å². The maximum absolute atomic E-state index is 12.6. The zero-order valence-electron chi connectivity index (χ0n) is 13.6. The predicted molar refractivity (Wildman–Crippen MR) is 97.2 cm³/mol. The van der Waals surface area contributed by atoms with E-state index in [1.165, 1.54) is 30.3 Å². The first kappa shape index (κ1) is 18.2. The smallest absolute Gasteiger partial charge is 0.339 e. The Balaban J connectivity index is 2.23. The number of aryl methyl sites for hydroxylation is 1. The van der Waals surface area contributed by atoms with E-state index in [2.05, 4.69) is 0 Å². The lowest BCUT2D eigenvalue weighted by molar-refractivity contribution is 0.476. The molecule has 3 rings (SSSR count). The molecule has 3 aromatic carbocycles. The zero-order chi connectivity index (χ0) is 19.1. The summed E-state index contributed by atoms with van der Waals surface area (Å²) in [5.74, 6) is -0.224. The van der Waals surface area contributed by atoms with Gasteiger partial charge in [0.15, 0.2) is 5.75 Å². The lowest BCUT2D eigenvalue weighted by atomic mass is 10.1. The highest BCUT2D eigenvalue weighted by atomic mass is 32.2. The molecular weight excluding hydrogens is 378 g/mol. The van der Waals surface area contributed by atoms with Crippen molar-refractivity contribution in [2.24, 2.45) is 0 Å². The van der Waals surface area contributed by atoms with Gasteiger partial charge >= 0.3 is 10.1 Å². The van der Waals surface area contributed by atoms with Crippen molar-refractivity contribution in [1.29, 1.82) is 0 Å². The molecule has 0 fully saturated rings. The van der Waals surface area contributed by atoms with Crippen molar-refractivity contribution >= 4 is 36.7 Å². The molecule has 9 heteroatoms. The Bertz CT molecular complexity index is 1220. The molecular formula is C17H15NO6S2. The van der Waals surface area contributed by atoms with Gasteiger partial charge in [0, 0.05) is 17.1 Å². The van der Waals surface area contributed by atoms with Crippen LogP contribution < -0.4 is 9.92 Å². The number of hydrogen-bond donors (Lipinski definition) is 2. The van der Waals surface area contributed by atoms with E-state index in [1.54, 1.807) is 25.1 Å². The van der Waals surface area contributed by atoms with Gasteiger partial charge in [-0.1, -0.05) is 18.2 Å². The minimum absolute atomic E-state index is 0.0409. The summed E-state index contributed by atoms with van der Waals surface area (Å²) in [6.07, 6.45) is 0. The van der Waals surface area contributed by atoms with Gasteiger partial charge in [-0.05, 0) is 48.2 Å². The Kier molecular flexibility index (Phi) is 4.39. The standard InChI is InChI=1S/C17H15NO6S2/c1-11-4-2-3-5-17(11)26(22,23)24-16-10-14(25(19,20)21)9-12-8-13(18)6-7-15(12)16/h2-10H,18H2,1H3,(H,19,20,21). The normalized spacial score (nSPS) is 12.2. The Morgan fingerprint density at radius 2 is 1.65 bits per heavy atom. The molecule has 0 aromatic heterocycles. The average molecular weight is 393 g/mol. The molecule has 0 heterocycles. The van der Waals surface area contributed by atoms with Crippen molar-refractivity contribution in [2.45, 2.75) is 16.7 Å². The highest BCUT2D eigenvalue weighted by molar-refractivity contribution is 7.87. The van der Waals surface area contributed by atoms with Crippen LogP contribution >= 0.6 is 0 Å². The number of nitrogens with two attached hydrogens (primary N) is 1. The summed E-state index contributed by atoms with van der Waals surface area (Å²) in [4.78, 5) is -0.536. The van der Waals surface area contributed by atoms with Crippen molar-refractivity contribution in [3.63, 3.8) is 0 Å². The molecule has 0 saturated heterocycles. The fraction of sp³-hybridized carbons (Fsp3) is 0.0588. The van der Waals surface area contributed by atoms with E-state index >= 15 is 0 Å². The second-order valence-corrected chi connectivity index (χ2v) is 8.62. The Labute approximate surface area is 150 Å². The van der Waals surface area contributed by atoms with Gasteiger partial charge in [-0.2, -0.15) is 16.8 Å². The van der Waals surface area contributed by atoms with Crippen molar-refractivity contribution in [2.75, 3.05) is 5.73 Å². The molecule has 0 aliphatic heterocycles. The van der Waals surface area contributed by atoms with Crippen molar-refractivity contribution in [1.82, 2.24) is 0 Å². The number of fused-ring (bicyclic) bond motifs is 1. The van der Waals surface area contributed by atoms with Crippen molar-refractivity contribution in [3.8, 4) is 5.75 Å². The molecule has 0 atom stereocenters. The van der Waals surface area contributed by atoms with Gasteiger partial charge in [0.1, 0.15) is 4.90 Å². The third-order valence-electron chi connectivity index (χ3n) is 3.77. The Morgan fingerprint density at radius 1 is 0.962 bits per heavy atom. The quantitative estimate of drug-likeness (QED) is 0.397. The van der Waals surface area contributed by atoms with Crippen LogP contribution in [0.1, 0.15) is 5.56 Å². The van der Waals surface area contributed by atoms with Crippen molar-refractivity contribution in [3.05, 3.63) is 60.2 Å². The van der Waals surface area contributed by atoms with Crippen LogP contribution in [-0.4, -0.2) is 21.4 Å². The van der Waals surface area contributed by atoms with E-state index in [-0.39, 0.29) is 10.6 Å². The zero-order valence-corrected chi connectivity index (χ0v) is 15.2. The van der Waals surface area contributed by atoms with Crippen LogP contribution in [0, 0.1) is 6.92 Å². The number of benzene rings is 3. The van der Waals surface area contributed by atoms with E-state index < -0.39 is 25.1 Å². The molecule has 7 nitrogen and oxygen atoms in total. The summed E-state index contributed by atoms with van der Waals surface area (Å²) in [7, 11) is -8.79. The summed E-state index contributed by atoms with van der Waals surface area (Å²) >= 11 is 0. The van der Waals surface area contributed by atoms with E-state index in [0.29, 0.717) is 22.0 Å². The lowest BCUT2D eigenvalue weighted by Crippen LogP contribution is -2.12. The highest BCUT2D eigenvalue weighted by Crippen LogP contribution is 2.33. The number of hydrogen-bond acceptors (Lipinski definition) is 6. The van der Waals surface area contributed by atoms with Crippen LogP contribution in [0.4, 0.5) is 5.69 Å². The van der Waals surface area contributed by atoms with Crippen molar-refractivity contribution < 1.29 is 25.6 Å². The molecule has 0 unspecified atom stereocenters. The first-order chi connectivity index (χ1) is 12.1. The molecule has 26 heavy (non-hydrogen) atoms. The SMILES string of the molecule is Cc1ccccc1S(=O)(=O)Oc1cc(S(=O)(=O)O)cc2cc(N)ccc12. The second-order valence-electron chi connectivity index (χ2n) is 5.68. The van der Waals surface area contributed by atoms with Gasteiger partial charge in [-0.25, -0.2) is 0 Å². The van der Waals surface area contributed by atoms with E-state index in [0.717, 1.165) is 6.07 Å². The van der Waals surface area contributed by atoms with Crippen LogP contribution in [0.5, 0.6) is 5.75 Å². The Hall–Kier alpha value is -2.62. The average Bonchev–Trinajstić information content (AvgIpc) is 2.53. The molecule has 3 aromatic rings. The molecule has 0 aliphatic carbocycles. The largest absolute Gasteiger partial charge is 0.399 e. The summed E-state index contributed by atoms with van der Waals surface area (Å²) in [5.41, 5.74) is 6.52. The number of nitrogen functional groups attached to an aromatic ring is 1. The first-order valence-corrected chi connectivity index (χ1v) is 10.2. The monoisotopic (exact) mass is 393 g/mol. The molecule has 0 spiro atoms.